The fourth-order valence-corrected chi connectivity index (χ4v) is 2.07. The van der Waals surface area contributed by atoms with E-state index in [0.29, 0.717) is 5.92 Å². The molecule has 0 spiro atoms. The Morgan fingerprint density at radius 2 is 2.33 bits per heavy atom. The molecule has 0 radical (unpaired) electrons. The third kappa shape index (κ3) is 3.80. The summed E-state index contributed by atoms with van der Waals surface area (Å²) in [6.45, 7) is 4.57. The quantitative estimate of drug-likeness (QED) is 0.725. The molecule has 2 unspecified atom stereocenters. The molecule has 2 atom stereocenters. The minimum Gasteiger partial charge on any atom is -0.384 e. The van der Waals surface area contributed by atoms with E-state index in [1.54, 1.807) is 11.9 Å². The third-order valence-corrected chi connectivity index (χ3v) is 3.10. The molecule has 0 saturated carbocycles. The molecule has 1 amide bonds. The second kappa shape index (κ2) is 5.47. The van der Waals surface area contributed by atoms with Gasteiger partial charge in [0.1, 0.15) is 6.10 Å². The molecule has 1 heterocycles. The maximum absolute atomic E-state index is 11.4. The van der Waals surface area contributed by atoms with Crippen molar-refractivity contribution in [1.29, 1.82) is 0 Å². The summed E-state index contributed by atoms with van der Waals surface area (Å²) in [7, 11) is 3.89. The van der Waals surface area contributed by atoms with E-state index in [1.165, 1.54) is 19.9 Å². The van der Waals surface area contributed by atoms with Crippen LogP contribution in [-0.4, -0.2) is 60.6 Å². The molecule has 1 aliphatic heterocycles. The number of carbonyl (C=O) groups excluding carboxylic acids is 1. The van der Waals surface area contributed by atoms with Crippen molar-refractivity contribution >= 4 is 5.91 Å². The standard InChI is InChI=1S/C11H22N2O2/c1-9(14)11(15)13(3)7-5-10-4-6-12(2)8-10/h9-10,14H,4-8H2,1-3H3. The van der Waals surface area contributed by atoms with Gasteiger partial charge in [0.2, 0.25) is 0 Å². The van der Waals surface area contributed by atoms with Gasteiger partial charge in [-0.1, -0.05) is 0 Å². The molecule has 0 aromatic rings. The predicted octanol–water partition coefficient (Wildman–Crippen LogP) is 0.167. The van der Waals surface area contributed by atoms with E-state index in [4.69, 9.17) is 5.11 Å². The number of nitrogens with zero attached hydrogens (tertiary/aromatic N) is 2. The highest BCUT2D eigenvalue weighted by molar-refractivity contribution is 5.79. The summed E-state index contributed by atoms with van der Waals surface area (Å²) < 4.78 is 0. The van der Waals surface area contributed by atoms with Crippen molar-refractivity contribution in [1.82, 2.24) is 9.80 Å². The van der Waals surface area contributed by atoms with Crippen LogP contribution in [0, 0.1) is 5.92 Å². The molecule has 1 rings (SSSR count). The number of aliphatic hydroxyl groups is 1. The fourth-order valence-electron chi connectivity index (χ4n) is 2.07. The normalized spacial score (nSPS) is 24.1. The van der Waals surface area contributed by atoms with Crippen LogP contribution in [0.5, 0.6) is 0 Å². The molecule has 1 aliphatic rings. The SMILES string of the molecule is CC(O)C(=O)N(C)CCC1CCN(C)C1. The van der Waals surface area contributed by atoms with Crippen LogP contribution in [0.25, 0.3) is 0 Å². The van der Waals surface area contributed by atoms with Crippen LogP contribution in [0.2, 0.25) is 0 Å². The van der Waals surface area contributed by atoms with Crippen LogP contribution in [0.1, 0.15) is 19.8 Å². The number of rotatable bonds is 4. The Labute approximate surface area is 91.9 Å². The number of carbonyl (C=O) groups is 1. The highest BCUT2D eigenvalue weighted by Gasteiger charge is 2.21. The molecule has 0 aromatic carbocycles. The average molecular weight is 214 g/mol. The van der Waals surface area contributed by atoms with Crippen LogP contribution in [0.3, 0.4) is 0 Å². The summed E-state index contributed by atoms with van der Waals surface area (Å²) in [5, 5.41) is 9.13. The maximum Gasteiger partial charge on any atom is 0.250 e. The van der Waals surface area contributed by atoms with Gasteiger partial charge in [-0.2, -0.15) is 0 Å². The molecule has 0 aliphatic carbocycles. The fraction of sp³-hybridized carbons (Fsp3) is 0.909. The van der Waals surface area contributed by atoms with Crippen molar-refractivity contribution in [3.63, 3.8) is 0 Å². The zero-order chi connectivity index (χ0) is 11.4. The summed E-state index contributed by atoms with van der Waals surface area (Å²) in [4.78, 5) is 15.3. The lowest BCUT2D eigenvalue weighted by Gasteiger charge is -2.20. The second-order valence-electron chi connectivity index (χ2n) is 4.64. The van der Waals surface area contributed by atoms with E-state index in [2.05, 4.69) is 11.9 Å². The van der Waals surface area contributed by atoms with Crippen molar-refractivity contribution in [3.05, 3.63) is 0 Å². The van der Waals surface area contributed by atoms with Crippen LogP contribution >= 0.6 is 0 Å². The molecule has 15 heavy (non-hydrogen) atoms. The van der Waals surface area contributed by atoms with Crippen LogP contribution in [-0.2, 0) is 4.79 Å². The van der Waals surface area contributed by atoms with Gasteiger partial charge in [-0.25, -0.2) is 0 Å². The van der Waals surface area contributed by atoms with E-state index in [0.717, 1.165) is 19.5 Å². The summed E-state index contributed by atoms with van der Waals surface area (Å²) >= 11 is 0. The highest BCUT2D eigenvalue weighted by Crippen LogP contribution is 2.18. The minimum absolute atomic E-state index is 0.179. The number of hydrogen-bond acceptors (Lipinski definition) is 3. The molecular formula is C11H22N2O2. The van der Waals surface area contributed by atoms with Crippen LogP contribution in [0.15, 0.2) is 0 Å². The van der Waals surface area contributed by atoms with Gasteiger partial charge in [0.05, 0.1) is 0 Å². The highest BCUT2D eigenvalue weighted by atomic mass is 16.3. The Kier molecular flexibility index (Phi) is 4.54. The Bertz CT molecular complexity index is 219. The van der Waals surface area contributed by atoms with Crippen LogP contribution in [0.4, 0.5) is 0 Å². The Balaban J connectivity index is 2.22. The molecule has 88 valence electrons. The van der Waals surface area contributed by atoms with E-state index >= 15 is 0 Å². The van der Waals surface area contributed by atoms with Gasteiger partial charge in [-0.05, 0) is 39.3 Å². The van der Waals surface area contributed by atoms with Crippen molar-refractivity contribution in [3.8, 4) is 0 Å². The number of hydrogen-bond donors (Lipinski definition) is 1. The van der Waals surface area contributed by atoms with Gasteiger partial charge in [0.15, 0.2) is 0 Å². The minimum atomic E-state index is -0.874. The first kappa shape index (κ1) is 12.5. The Hall–Kier alpha value is -0.610. The molecule has 0 bridgehead atoms. The largest absolute Gasteiger partial charge is 0.384 e. The summed E-state index contributed by atoms with van der Waals surface area (Å²) in [5.41, 5.74) is 0. The number of aliphatic hydroxyl groups excluding tert-OH is 1. The number of likely N-dealkylation sites (N-methyl/N-ethyl adjacent to an activating group) is 1. The van der Waals surface area contributed by atoms with Gasteiger partial charge in [0, 0.05) is 20.1 Å². The first-order valence-electron chi connectivity index (χ1n) is 5.62. The summed E-state index contributed by atoms with van der Waals surface area (Å²) in [6, 6.07) is 0. The lowest BCUT2D eigenvalue weighted by molar-refractivity contribution is -0.138. The van der Waals surface area contributed by atoms with Crippen LogP contribution < -0.4 is 0 Å². The zero-order valence-corrected chi connectivity index (χ0v) is 9.94. The Morgan fingerprint density at radius 1 is 1.67 bits per heavy atom. The molecular weight excluding hydrogens is 192 g/mol. The van der Waals surface area contributed by atoms with Crippen molar-refractivity contribution in [2.24, 2.45) is 5.92 Å². The zero-order valence-electron chi connectivity index (χ0n) is 9.94. The molecule has 1 saturated heterocycles. The Morgan fingerprint density at radius 3 is 2.80 bits per heavy atom. The average Bonchev–Trinajstić information content (AvgIpc) is 2.59. The lowest BCUT2D eigenvalue weighted by Crippen LogP contribution is -2.36. The summed E-state index contributed by atoms with van der Waals surface area (Å²) in [6.07, 6.45) is 1.40. The van der Waals surface area contributed by atoms with Gasteiger partial charge in [-0.15, -0.1) is 0 Å². The van der Waals surface area contributed by atoms with Crippen molar-refractivity contribution in [2.75, 3.05) is 33.7 Å². The van der Waals surface area contributed by atoms with E-state index < -0.39 is 6.10 Å². The number of amides is 1. The number of likely N-dealkylation sites (tertiary alicyclic amines) is 1. The van der Waals surface area contributed by atoms with Gasteiger partial charge >= 0.3 is 0 Å². The monoisotopic (exact) mass is 214 g/mol. The van der Waals surface area contributed by atoms with Crippen molar-refractivity contribution < 1.29 is 9.90 Å². The summed E-state index contributed by atoms with van der Waals surface area (Å²) in [5.74, 6) is 0.528. The molecule has 1 fully saturated rings. The van der Waals surface area contributed by atoms with Gasteiger partial charge in [-0.3, -0.25) is 4.79 Å². The first-order chi connectivity index (χ1) is 7.00. The van der Waals surface area contributed by atoms with Gasteiger partial charge in [0.25, 0.3) is 5.91 Å². The van der Waals surface area contributed by atoms with Gasteiger partial charge < -0.3 is 14.9 Å². The molecule has 1 N–H and O–H groups in total. The third-order valence-electron chi connectivity index (χ3n) is 3.10. The topological polar surface area (TPSA) is 43.8 Å². The van der Waals surface area contributed by atoms with Crippen molar-refractivity contribution in [2.45, 2.75) is 25.9 Å². The maximum atomic E-state index is 11.4. The second-order valence-corrected chi connectivity index (χ2v) is 4.64. The predicted molar refractivity (Wildman–Crippen MR) is 59.5 cm³/mol. The molecule has 0 aromatic heterocycles. The van der Waals surface area contributed by atoms with E-state index in [-0.39, 0.29) is 5.91 Å². The lowest BCUT2D eigenvalue weighted by atomic mass is 10.0. The molecule has 4 nitrogen and oxygen atoms in total. The smallest absolute Gasteiger partial charge is 0.250 e. The molecule has 4 heteroatoms. The van der Waals surface area contributed by atoms with E-state index in [9.17, 15) is 4.79 Å². The van der Waals surface area contributed by atoms with E-state index in [1.807, 2.05) is 0 Å². The first-order valence-corrected chi connectivity index (χ1v) is 5.62.